The van der Waals surface area contributed by atoms with Gasteiger partial charge in [0.15, 0.2) is 5.11 Å². The van der Waals surface area contributed by atoms with Gasteiger partial charge in [0.05, 0.1) is 7.11 Å². The van der Waals surface area contributed by atoms with Gasteiger partial charge in [-0.25, -0.2) is 0 Å². The lowest BCUT2D eigenvalue weighted by molar-refractivity contribution is 0.410. The Morgan fingerprint density at radius 1 is 1.57 bits per heavy atom. The molecule has 0 fully saturated rings. The summed E-state index contributed by atoms with van der Waals surface area (Å²) in [5, 5.41) is 3.16. The van der Waals surface area contributed by atoms with Crippen LogP contribution in [-0.4, -0.2) is 12.2 Å². The third-order valence-corrected chi connectivity index (χ3v) is 2.03. The van der Waals surface area contributed by atoms with Gasteiger partial charge in [0.25, 0.3) is 0 Å². The molecule has 3 nitrogen and oxygen atoms in total. The molecule has 14 heavy (non-hydrogen) atoms. The maximum atomic E-state index is 5.38. The predicted octanol–water partition coefficient (Wildman–Crippen LogP) is 1.91. The Morgan fingerprint density at radius 2 is 2.29 bits per heavy atom. The molecule has 0 radical (unpaired) electrons. The highest BCUT2D eigenvalue weighted by atomic mass is 32.1. The number of hydrogen-bond donors (Lipinski definition) is 2. The summed E-state index contributed by atoms with van der Waals surface area (Å²) < 4.78 is 5.20. The van der Waals surface area contributed by atoms with Gasteiger partial charge in [-0.2, -0.15) is 0 Å². The molecule has 1 rings (SSSR count). The molecule has 0 saturated heterocycles. The van der Waals surface area contributed by atoms with Crippen LogP contribution < -0.4 is 15.8 Å². The zero-order valence-corrected chi connectivity index (χ0v) is 9.15. The monoisotopic (exact) mass is 210 g/mol. The lowest BCUT2D eigenvalue weighted by Gasteiger charge is -2.09. The second kappa shape index (κ2) is 4.81. The van der Waals surface area contributed by atoms with Crippen LogP contribution in [0.3, 0.4) is 0 Å². The summed E-state index contributed by atoms with van der Waals surface area (Å²) in [6.45, 7) is 2.07. The average molecular weight is 210 g/mol. The van der Waals surface area contributed by atoms with Crippen LogP contribution in [0.5, 0.6) is 5.75 Å². The van der Waals surface area contributed by atoms with Crippen LogP contribution in [0.15, 0.2) is 18.2 Å². The maximum Gasteiger partial charge on any atom is 0.168 e. The molecule has 0 bridgehead atoms. The Morgan fingerprint density at radius 3 is 2.79 bits per heavy atom. The quantitative estimate of drug-likeness (QED) is 0.748. The molecular weight excluding hydrogens is 196 g/mol. The van der Waals surface area contributed by atoms with E-state index >= 15 is 0 Å². The molecule has 4 heteroatoms. The van der Waals surface area contributed by atoms with Crippen molar-refractivity contribution >= 4 is 23.0 Å². The number of ether oxygens (including phenoxy) is 1. The van der Waals surface area contributed by atoms with E-state index in [1.165, 1.54) is 0 Å². The first-order valence-electron chi connectivity index (χ1n) is 4.40. The molecule has 0 aliphatic carbocycles. The summed E-state index contributed by atoms with van der Waals surface area (Å²) >= 11 is 4.75. The number of nitrogens with one attached hydrogen (secondary N) is 1. The Hall–Kier alpha value is -1.29. The number of thiocarbonyl (C=S) groups is 1. The highest BCUT2D eigenvalue weighted by molar-refractivity contribution is 7.80. The molecular formula is C10H14N2OS. The second-order valence-corrected chi connectivity index (χ2v) is 3.31. The number of nitrogens with two attached hydrogens (primary N) is 1. The average Bonchev–Trinajstić information content (AvgIpc) is 2.16. The molecule has 0 amide bonds. The summed E-state index contributed by atoms with van der Waals surface area (Å²) in [6, 6.07) is 5.77. The van der Waals surface area contributed by atoms with Crippen LogP contribution in [0.25, 0.3) is 0 Å². The van der Waals surface area contributed by atoms with E-state index in [9.17, 15) is 0 Å². The Bertz CT molecular complexity index is 339. The van der Waals surface area contributed by atoms with Gasteiger partial charge in [0.2, 0.25) is 0 Å². The minimum Gasteiger partial charge on any atom is -0.496 e. The van der Waals surface area contributed by atoms with Crippen LogP contribution in [0.1, 0.15) is 12.5 Å². The zero-order valence-electron chi connectivity index (χ0n) is 8.33. The van der Waals surface area contributed by atoms with Crippen molar-refractivity contribution in [3.05, 3.63) is 23.8 Å². The topological polar surface area (TPSA) is 47.3 Å². The predicted molar refractivity (Wildman–Crippen MR) is 62.8 cm³/mol. The second-order valence-electron chi connectivity index (χ2n) is 2.87. The molecule has 3 N–H and O–H groups in total. The molecule has 0 atom stereocenters. The van der Waals surface area contributed by atoms with Gasteiger partial charge in [-0.15, -0.1) is 0 Å². The van der Waals surface area contributed by atoms with Crippen molar-refractivity contribution in [2.24, 2.45) is 5.73 Å². The van der Waals surface area contributed by atoms with Gasteiger partial charge in [0.1, 0.15) is 5.75 Å². The van der Waals surface area contributed by atoms with Crippen molar-refractivity contribution < 1.29 is 4.74 Å². The number of anilines is 1. The largest absolute Gasteiger partial charge is 0.496 e. The molecule has 0 spiro atoms. The Balaban J connectivity index is 2.95. The van der Waals surface area contributed by atoms with E-state index in [0.717, 1.165) is 23.4 Å². The van der Waals surface area contributed by atoms with Crippen LogP contribution in [0, 0.1) is 0 Å². The lowest BCUT2D eigenvalue weighted by Crippen LogP contribution is -2.18. The molecule has 0 aromatic heterocycles. The van der Waals surface area contributed by atoms with E-state index in [4.69, 9.17) is 22.7 Å². The third-order valence-electron chi connectivity index (χ3n) is 1.93. The highest BCUT2D eigenvalue weighted by Gasteiger charge is 2.02. The van der Waals surface area contributed by atoms with Crippen molar-refractivity contribution in [1.82, 2.24) is 0 Å². The number of aryl methyl sites for hydroxylation is 1. The molecule has 1 aromatic rings. The minimum atomic E-state index is 0.275. The first-order chi connectivity index (χ1) is 6.67. The minimum absolute atomic E-state index is 0.275. The molecule has 1 aromatic carbocycles. The van der Waals surface area contributed by atoms with E-state index < -0.39 is 0 Å². The third kappa shape index (κ3) is 2.60. The molecule has 0 saturated carbocycles. The molecule has 0 heterocycles. The van der Waals surface area contributed by atoms with Crippen molar-refractivity contribution in [2.75, 3.05) is 12.4 Å². The Labute approximate surface area is 89.3 Å². The normalized spacial score (nSPS) is 9.57. The fourth-order valence-electron chi connectivity index (χ4n) is 1.27. The SMILES string of the molecule is CCc1cc(NC(N)=S)ccc1OC. The molecule has 76 valence electrons. The maximum absolute atomic E-state index is 5.38. The summed E-state index contributed by atoms with van der Waals surface area (Å²) in [7, 11) is 1.66. The van der Waals surface area contributed by atoms with E-state index in [0.29, 0.717) is 0 Å². The number of rotatable bonds is 3. The summed E-state index contributed by atoms with van der Waals surface area (Å²) in [6.07, 6.45) is 0.913. The van der Waals surface area contributed by atoms with Crippen LogP contribution in [-0.2, 0) is 6.42 Å². The van der Waals surface area contributed by atoms with Crippen molar-refractivity contribution in [2.45, 2.75) is 13.3 Å². The lowest BCUT2D eigenvalue weighted by atomic mass is 10.1. The van der Waals surface area contributed by atoms with Crippen molar-refractivity contribution in [3.8, 4) is 5.75 Å². The smallest absolute Gasteiger partial charge is 0.168 e. The van der Waals surface area contributed by atoms with Crippen molar-refractivity contribution in [3.63, 3.8) is 0 Å². The van der Waals surface area contributed by atoms with Gasteiger partial charge < -0.3 is 15.8 Å². The van der Waals surface area contributed by atoms with Crippen LogP contribution in [0.2, 0.25) is 0 Å². The molecule has 0 unspecified atom stereocenters. The van der Waals surface area contributed by atoms with Gasteiger partial charge in [0, 0.05) is 5.69 Å². The fourth-order valence-corrected chi connectivity index (χ4v) is 1.39. The standard InChI is InChI=1S/C10H14N2OS/c1-3-7-6-8(12-10(11)14)4-5-9(7)13-2/h4-6H,3H2,1-2H3,(H3,11,12,14). The summed E-state index contributed by atoms with van der Waals surface area (Å²) in [5.41, 5.74) is 7.41. The summed E-state index contributed by atoms with van der Waals surface area (Å²) in [5.74, 6) is 0.890. The van der Waals surface area contributed by atoms with Gasteiger partial charge in [-0.3, -0.25) is 0 Å². The zero-order chi connectivity index (χ0) is 10.6. The van der Waals surface area contributed by atoms with E-state index in [1.807, 2.05) is 18.2 Å². The van der Waals surface area contributed by atoms with Gasteiger partial charge in [-0.05, 0) is 42.4 Å². The number of hydrogen-bond acceptors (Lipinski definition) is 2. The number of benzene rings is 1. The van der Waals surface area contributed by atoms with E-state index in [2.05, 4.69) is 12.2 Å². The van der Waals surface area contributed by atoms with Gasteiger partial charge in [-0.1, -0.05) is 6.92 Å². The first kappa shape index (κ1) is 10.8. The highest BCUT2D eigenvalue weighted by Crippen LogP contribution is 2.22. The van der Waals surface area contributed by atoms with E-state index in [1.54, 1.807) is 7.11 Å². The fraction of sp³-hybridized carbons (Fsp3) is 0.300. The molecule has 0 aliphatic rings. The Kier molecular flexibility index (Phi) is 3.71. The summed E-state index contributed by atoms with van der Waals surface area (Å²) in [4.78, 5) is 0. The number of methoxy groups -OCH3 is 1. The van der Waals surface area contributed by atoms with Gasteiger partial charge >= 0.3 is 0 Å². The first-order valence-corrected chi connectivity index (χ1v) is 4.81. The molecule has 0 aliphatic heterocycles. The van der Waals surface area contributed by atoms with E-state index in [-0.39, 0.29) is 5.11 Å². The van der Waals surface area contributed by atoms with Crippen LogP contribution >= 0.6 is 12.2 Å². The van der Waals surface area contributed by atoms with Crippen LogP contribution in [0.4, 0.5) is 5.69 Å². The van der Waals surface area contributed by atoms with Crippen molar-refractivity contribution in [1.29, 1.82) is 0 Å².